The van der Waals surface area contributed by atoms with Crippen molar-refractivity contribution in [3.63, 3.8) is 0 Å². The van der Waals surface area contributed by atoms with Crippen LogP contribution in [0.3, 0.4) is 0 Å². The molecule has 1 aromatic rings. The molecule has 0 bridgehead atoms. The van der Waals surface area contributed by atoms with Gasteiger partial charge in [0.15, 0.2) is 0 Å². The molecule has 5 heteroatoms. The Kier molecular flexibility index (Phi) is 4.12. The molecule has 2 unspecified atom stereocenters. The molecule has 1 saturated heterocycles. The van der Waals surface area contributed by atoms with Crippen LogP contribution in [0.5, 0.6) is 0 Å². The Labute approximate surface area is 109 Å². The van der Waals surface area contributed by atoms with Gasteiger partial charge in [0.1, 0.15) is 6.04 Å². The van der Waals surface area contributed by atoms with E-state index in [0.717, 1.165) is 35.7 Å². The zero-order valence-electron chi connectivity index (χ0n) is 9.40. The molecule has 0 amide bonds. The predicted octanol–water partition coefficient (Wildman–Crippen LogP) is 1.98. The molecule has 17 heavy (non-hydrogen) atoms. The fourth-order valence-electron chi connectivity index (χ4n) is 2.23. The third-order valence-electron chi connectivity index (χ3n) is 3.02. The van der Waals surface area contributed by atoms with E-state index in [1.807, 2.05) is 12.3 Å². The Morgan fingerprint density at radius 2 is 2.35 bits per heavy atom. The number of nitrogens with zero attached hydrogens (tertiary/aromatic N) is 1. The number of nitrogens with one attached hydrogen (secondary N) is 1. The molecule has 92 valence electrons. The van der Waals surface area contributed by atoms with Crippen molar-refractivity contribution in [3.05, 3.63) is 28.5 Å². The molecule has 2 rings (SSSR count). The minimum absolute atomic E-state index is 0.237. The van der Waals surface area contributed by atoms with Gasteiger partial charge in [-0.25, -0.2) is 0 Å². The first-order chi connectivity index (χ1) is 8.15. The third-order valence-corrected chi connectivity index (χ3v) is 3.46. The minimum Gasteiger partial charge on any atom is -0.480 e. The quantitative estimate of drug-likeness (QED) is 0.896. The average Bonchev–Trinajstić information content (AvgIpc) is 2.29. The second-order valence-corrected chi connectivity index (χ2v) is 5.32. The van der Waals surface area contributed by atoms with Gasteiger partial charge in [0, 0.05) is 22.9 Å². The summed E-state index contributed by atoms with van der Waals surface area (Å²) in [5.41, 5.74) is 1.13. The Bertz CT molecular complexity index is 411. The van der Waals surface area contributed by atoms with E-state index >= 15 is 0 Å². The Balaban J connectivity index is 1.97. The number of hydrogen-bond acceptors (Lipinski definition) is 3. The van der Waals surface area contributed by atoms with Crippen LogP contribution in [0.1, 0.15) is 24.8 Å². The highest BCUT2D eigenvalue weighted by Gasteiger charge is 2.25. The second kappa shape index (κ2) is 5.60. The highest BCUT2D eigenvalue weighted by atomic mass is 79.9. The maximum absolute atomic E-state index is 10.9. The molecule has 0 spiro atoms. The average molecular weight is 299 g/mol. The van der Waals surface area contributed by atoms with Crippen molar-refractivity contribution in [3.8, 4) is 0 Å². The summed E-state index contributed by atoms with van der Waals surface area (Å²) in [4.78, 5) is 15.0. The van der Waals surface area contributed by atoms with Crippen LogP contribution in [0.2, 0.25) is 0 Å². The zero-order valence-corrected chi connectivity index (χ0v) is 11.0. The minimum atomic E-state index is -0.748. The van der Waals surface area contributed by atoms with Crippen molar-refractivity contribution in [2.45, 2.75) is 37.8 Å². The van der Waals surface area contributed by atoms with E-state index in [9.17, 15) is 4.79 Å². The lowest BCUT2D eigenvalue weighted by Gasteiger charge is -2.28. The monoisotopic (exact) mass is 298 g/mol. The van der Waals surface area contributed by atoms with Crippen LogP contribution >= 0.6 is 15.9 Å². The van der Waals surface area contributed by atoms with E-state index in [2.05, 4.69) is 26.2 Å². The Morgan fingerprint density at radius 1 is 1.53 bits per heavy atom. The van der Waals surface area contributed by atoms with Gasteiger partial charge in [-0.05, 0) is 53.2 Å². The van der Waals surface area contributed by atoms with Gasteiger partial charge < -0.3 is 10.4 Å². The van der Waals surface area contributed by atoms with Gasteiger partial charge in [-0.3, -0.25) is 9.78 Å². The van der Waals surface area contributed by atoms with E-state index in [4.69, 9.17) is 5.11 Å². The van der Waals surface area contributed by atoms with Crippen molar-refractivity contribution >= 4 is 21.9 Å². The van der Waals surface area contributed by atoms with E-state index in [1.165, 1.54) is 0 Å². The first kappa shape index (κ1) is 12.5. The van der Waals surface area contributed by atoms with Gasteiger partial charge in [0.05, 0.1) is 0 Å². The maximum atomic E-state index is 10.9. The highest BCUT2D eigenvalue weighted by molar-refractivity contribution is 9.10. The van der Waals surface area contributed by atoms with Crippen LogP contribution in [-0.2, 0) is 11.2 Å². The number of carboxylic acid groups (broad SMARTS) is 1. The molecule has 1 aliphatic heterocycles. The van der Waals surface area contributed by atoms with Crippen molar-refractivity contribution < 1.29 is 9.90 Å². The van der Waals surface area contributed by atoms with Crippen molar-refractivity contribution in [1.82, 2.24) is 10.3 Å². The molecule has 1 aliphatic rings. The Hall–Kier alpha value is -0.940. The van der Waals surface area contributed by atoms with Gasteiger partial charge >= 0.3 is 5.97 Å². The van der Waals surface area contributed by atoms with Crippen LogP contribution in [-0.4, -0.2) is 28.1 Å². The number of rotatable bonds is 3. The maximum Gasteiger partial charge on any atom is 0.320 e. The van der Waals surface area contributed by atoms with Crippen LogP contribution in [0.25, 0.3) is 0 Å². The number of aliphatic carboxylic acids is 1. The highest BCUT2D eigenvalue weighted by Crippen LogP contribution is 2.18. The first-order valence-corrected chi connectivity index (χ1v) is 6.53. The largest absolute Gasteiger partial charge is 0.480 e. The molecule has 4 nitrogen and oxygen atoms in total. The smallest absolute Gasteiger partial charge is 0.320 e. The summed E-state index contributed by atoms with van der Waals surface area (Å²) in [5.74, 6) is -0.748. The second-order valence-electron chi connectivity index (χ2n) is 4.40. The standard InChI is InChI=1S/C12H15BrN2O2/c13-9-4-8(6-14-7-9)5-10-2-1-3-11(15-10)12(16)17/h4,6-7,10-11,15H,1-3,5H2,(H,16,17). The lowest BCUT2D eigenvalue weighted by Crippen LogP contribution is -2.47. The number of hydrogen-bond donors (Lipinski definition) is 2. The number of aromatic nitrogens is 1. The van der Waals surface area contributed by atoms with Gasteiger partial charge in [-0.15, -0.1) is 0 Å². The number of carbonyl (C=O) groups is 1. The van der Waals surface area contributed by atoms with Crippen LogP contribution in [0, 0.1) is 0 Å². The zero-order chi connectivity index (χ0) is 12.3. The van der Waals surface area contributed by atoms with Crippen molar-refractivity contribution in [1.29, 1.82) is 0 Å². The van der Waals surface area contributed by atoms with E-state index < -0.39 is 12.0 Å². The lowest BCUT2D eigenvalue weighted by atomic mass is 9.94. The molecule has 2 atom stereocenters. The van der Waals surface area contributed by atoms with Crippen LogP contribution in [0.4, 0.5) is 0 Å². The summed E-state index contributed by atoms with van der Waals surface area (Å²) >= 11 is 3.39. The van der Waals surface area contributed by atoms with Gasteiger partial charge in [-0.2, -0.15) is 0 Å². The molecule has 0 radical (unpaired) electrons. The summed E-state index contributed by atoms with van der Waals surface area (Å²) in [5, 5.41) is 12.2. The van der Waals surface area contributed by atoms with Crippen LogP contribution in [0.15, 0.2) is 22.9 Å². The fraction of sp³-hybridized carbons (Fsp3) is 0.500. The molecule has 0 aliphatic carbocycles. The summed E-state index contributed by atoms with van der Waals surface area (Å²) in [6.07, 6.45) is 7.12. The lowest BCUT2D eigenvalue weighted by molar-refractivity contribution is -0.140. The van der Waals surface area contributed by atoms with Gasteiger partial charge in [0.2, 0.25) is 0 Å². The number of carboxylic acids is 1. The molecule has 2 N–H and O–H groups in total. The third kappa shape index (κ3) is 3.51. The molecule has 1 aromatic heterocycles. The number of halogens is 1. The summed E-state index contributed by atoms with van der Waals surface area (Å²) in [7, 11) is 0. The first-order valence-electron chi connectivity index (χ1n) is 5.73. The molecule has 1 fully saturated rings. The number of piperidine rings is 1. The van der Waals surface area contributed by atoms with Crippen molar-refractivity contribution in [2.75, 3.05) is 0 Å². The molecular formula is C12H15BrN2O2. The molecule has 0 aromatic carbocycles. The van der Waals surface area contributed by atoms with Crippen LogP contribution < -0.4 is 5.32 Å². The summed E-state index contributed by atoms with van der Waals surface area (Å²) < 4.78 is 0.959. The predicted molar refractivity (Wildman–Crippen MR) is 67.8 cm³/mol. The fourth-order valence-corrected chi connectivity index (χ4v) is 2.64. The molecular weight excluding hydrogens is 284 g/mol. The van der Waals surface area contributed by atoms with Gasteiger partial charge in [-0.1, -0.05) is 0 Å². The normalized spacial score (nSPS) is 24.5. The molecule has 2 heterocycles. The molecule has 0 saturated carbocycles. The van der Waals surface area contributed by atoms with Gasteiger partial charge in [0.25, 0.3) is 0 Å². The SMILES string of the molecule is O=C(O)C1CCCC(Cc2cncc(Br)c2)N1. The van der Waals surface area contributed by atoms with E-state index in [1.54, 1.807) is 6.20 Å². The number of pyridine rings is 1. The summed E-state index contributed by atoms with van der Waals surface area (Å²) in [6.45, 7) is 0. The topological polar surface area (TPSA) is 62.2 Å². The van der Waals surface area contributed by atoms with E-state index in [0.29, 0.717) is 0 Å². The Morgan fingerprint density at radius 3 is 3.06 bits per heavy atom. The summed E-state index contributed by atoms with van der Waals surface area (Å²) in [6, 6.07) is 1.87. The van der Waals surface area contributed by atoms with E-state index in [-0.39, 0.29) is 6.04 Å². The van der Waals surface area contributed by atoms with Crippen molar-refractivity contribution in [2.24, 2.45) is 0 Å².